The van der Waals surface area contributed by atoms with Crippen LogP contribution in [0.2, 0.25) is 5.15 Å². The summed E-state index contributed by atoms with van der Waals surface area (Å²) in [7, 11) is 0. The molecular weight excluding hydrogens is 194 g/mol. The normalized spacial score (nSPS) is 9.69. The summed E-state index contributed by atoms with van der Waals surface area (Å²) in [4.78, 5) is 14.8. The van der Waals surface area contributed by atoms with Crippen molar-refractivity contribution in [2.24, 2.45) is 0 Å². The Hall–Kier alpha value is -1.29. The van der Waals surface area contributed by atoms with Gasteiger partial charge in [0.25, 0.3) is 0 Å². The lowest BCUT2D eigenvalue weighted by Gasteiger charge is -2.02. The molecule has 0 aliphatic carbocycles. The molecule has 1 aromatic heterocycles. The number of hydrogen-bond acceptors (Lipinski definition) is 4. The van der Waals surface area contributed by atoms with Crippen LogP contribution in [0.25, 0.3) is 0 Å². The zero-order chi connectivity index (χ0) is 9.84. The molecular formula is C8H8ClNO3. The Bertz CT molecular complexity index is 327. The number of esters is 1. The zero-order valence-electron chi connectivity index (χ0n) is 6.95. The summed E-state index contributed by atoms with van der Waals surface area (Å²) in [6, 6.07) is 1.19. The number of nitrogens with zero attached hydrogens (tertiary/aromatic N) is 1. The molecule has 1 N–H and O–H groups in total. The van der Waals surface area contributed by atoms with Gasteiger partial charge >= 0.3 is 5.97 Å². The summed E-state index contributed by atoms with van der Waals surface area (Å²) in [5.74, 6) is -0.831. The van der Waals surface area contributed by atoms with E-state index in [4.69, 9.17) is 11.6 Å². The second kappa shape index (κ2) is 4.09. The van der Waals surface area contributed by atoms with Crippen molar-refractivity contribution in [1.82, 2.24) is 4.98 Å². The van der Waals surface area contributed by atoms with Crippen molar-refractivity contribution in [1.29, 1.82) is 0 Å². The zero-order valence-corrected chi connectivity index (χ0v) is 7.71. The van der Waals surface area contributed by atoms with E-state index in [-0.39, 0.29) is 23.1 Å². The minimum absolute atomic E-state index is 0.0197. The SMILES string of the molecule is CCOC(=O)c1cnc(Cl)cc1O. The Morgan fingerprint density at radius 3 is 3.00 bits per heavy atom. The second-order valence-corrected chi connectivity index (χ2v) is 2.63. The van der Waals surface area contributed by atoms with Gasteiger partial charge in [0.2, 0.25) is 0 Å². The molecule has 0 aliphatic rings. The summed E-state index contributed by atoms with van der Waals surface area (Å²) < 4.78 is 4.67. The minimum atomic E-state index is -0.607. The third kappa shape index (κ3) is 2.32. The van der Waals surface area contributed by atoms with E-state index in [0.717, 1.165) is 0 Å². The van der Waals surface area contributed by atoms with E-state index in [1.165, 1.54) is 12.3 Å². The molecule has 0 amide bonds. The molecule has 0 spiro atoms. The monoisotopic (exact) mass is 201 g/mol. The number of aromatic hydroxyl groups is 1. The molecule has 0 aromatic carbocycles. The molecule has 1 rings (SSSR count). The predicted molar refractivity (Wildman–Crippen MR) is 46.9 cm³/mol. The van der Waals surface area contributed by atoms with Gasteiger partial charge in [-0.05, 0) is 6.92 Å². The van der Waals surface area contributed by atoms with Crippen LogP contribution in [-0.2, 0) is 4.74 Å². The molecule has 4 nitrogen and oxygen atoms in total. The number of carbonyl (C=O) groups excluding carboxylic acids is 1. The van der Waals surface area contributed by atoms with Crippen LogP contribution in [0.3, 0.4) is 0 Å². The fourth-order valence-electron chi connectivity index (χ4n) is 0.786. The lowest BCUT2D eigenvalue weighted by atomic mass is 10.2. The van der Waals surface area contributed by atoms with Crippen LogP contribution < -0.4 is 0 Å². The van der Waals surface area contributed by atoms with Crippen molar-refractivity contribution >= 4 is 17.6 Å². The van der Waals surface area contributed by atoms with E-state index < -0.39 is 5.97 Å². The Morgan fingerprint density at radius 2 is 2.46 bits per heavy atom. The first-order valence-corrected chi connectivity index (χ1v) is 4.04. The van der Waals surface area contributed by atoms with Crippen LogP contribution in [0.15, 0.2) is 12.3 Å². The van der Waals surface area contributed by atoms with Gasteiger partial charge in [-0.15, -0.1) is 0 Å². The molecule has 0 unspecified atom stereocenters. The topological polar surface area (TPSA) is 59.4 Å². The van der Waals surface area contributed by atoms with Gasteiger partial charge in [0.05, 0.1) is 6.61 Å². The van der Waals surface area contributed by atoms with Crippen LogP contribution in [-0.4, -0.2) is 22.7 Å². The van der Waals surface area contributed by atoms with Crippen LogP contribution in [0.5, 0.6) is 5.75 Å². The highest BCUT2D eigenvalue weighted by Crippen LogP contribution is 2.19. The van der Waals surface area contributed by atoms with Gasteiger partial charge in [0.15, 0.2) is 0 Å². The standard InChI is InChI=1S/C8H8ClNO3/c1-2-13-8(12)5-4-10-7(9)3-6(5)11/h3-4H,2H2,1H3,(H,10,11). The Morgan fingerprint density at radius 1 is 1.77 bits per heavy atom. The summed E-state index contributed by atoms with van der Waals surface area (Å²) in [5.41, 5.74) is 0.0197. The van der Waals surface area contributed by atoms with E-state index in [1.807, 2.05) is 0 Å². The average molecular weight is 202 g/mol. The van der Waals surface area contributed by atoms with E-state index in [2.05, 4.69) is 9.72 Å². The Labute approximate surface area is 80.1 Å². The van der Waals surface area contributed by atoms with Gasteiger partial charge in [-0.25, -0.2) is 9.78 Å². The maximum Gasteiger partial charge on any atom is 0.343 e. The molecule has 0 fully saturated rings. The molecule has 0 aliphatic heterocycles. The molecule has 1 heterocycles. The first-order valence-electron chi connectivity index (χ1n) is 3.66. The lowest BCUT2D eigenvalue weighted by molar-refractivity contribution is 0.0522. The highest BCUT2D eigenvalue weighted by atomic mass is 35.5. The molecule has 70 valence electrons. The Kier molecular flexibility index (Phi) is 3.08. The average Bonchev–Trinajstić information content (AvgIpc) is 2.04. The van der Waals surface area contributed by atoms with E-state index in [9.17, 15) is 9.90 Å². The second-order valence-electron chi connectivity index (χ2n) is 2.24. The minimum Gasteiger partial charge on any atom is -0.507 e. The van der Waals surface area contributed by atoms with E-state index >= 15 is 0 Å². The first-order chi connectivity index (χ1) is 6.15. The maximum atomic E-state index is 11.1. The highest BCUT2D eigenvalue weighted by Gasteiger charge is 2.12. The van der Waals surface area contributed by atoms with Crippen LogP contribution >= 0.6 is 11.6 Å². The van der Waals surface area contributed by atoms with Crippen molar-refractivity contribution in [3.63, 3.8) is 0 Å². The number of halogens is 1. The number of ether oxygens (including phenoxy) is 1. The van der Waals surface area contributed by atoms with Gasteiger partial charge in [-0.1, -0.05) is 11.6 Å². The highest BCUT2D eigenvalue weighted by molar-refractivity contribution is 6.29. The summed E-state index contributed by atoms with van der Waals surface area (Å²) in [6.07, 6.45) is 1.18. The largest absolute Gasteiger partial charge is 0.507 e. The molecule has 13 heavy (non-hydrogen) atoms. The smallest absolute Gasteiger partial charge is 0.343 e. The van der Waals surface area contributed by atoms with Gasteiger partial charge in [0.1, 0.15) is 16.5 Å². The van der Waals surface area contributed by atoms with Gasteiger partial charge < -0.3 is 9.84 Å². The third-order valence-electron chi connectivity index (χ3n) is 1.34. The van der Waals surface area contributed by atoms with Crippen LogP contribution in [0, 0.1) is 0 Å². The van der Waals surface area contributed by atoms with Gasteiger partial charge in [-0.3, -0.25) is 0 Å². The van der Waals surface area contributed by atoms with Gasteiger partial charge in [-0.2, -0.15) is 0 Å². The summed E-state index contributed by atoms with van der Waals surface area (Å²) in [5, 5.41) is 9.39. The number of pyridine rings is 1. The number of carbonyl (C=O) groups is 1. The maximum absolute atomic E-state index is 11.1. The van der Waals surface area contributed by atoms with E-state index in [1.54, 1.807) is 6.92 Å². The van der Waals surface area contributed by atoms with Crippen molar-refractivity contribution < 1.29 is 14.6 Å². The fourth-order valence-corrected chi connectivity index (χ4v) is 0.938. The van der Waals surface area contributed by atoms with Gasteiger partial charge in [0, 0.05) is 12.3 Å². The molecule has 0 atom stereocenters. The van der Waals surface area contributed by atoms with Crippen molar-refractivity contribution in [2.45, 2.75) is 6.92 Å². The number of aromatic nitrogens is 1. The summed E-state index contributed by atoms with van der Waals surface area (Å²) >= 11 is 5.48. The van der Waals surface area contributed by atoms with Crippen LogP contribution in [0.4, 0.5) is 0 Å². The fraction of sp³-hybridized carbons (Fsp3) is 0.250. The lowest BCUT2D eigenvalue weighted by Crippen LogP contribution is -2.05. The molecule has 0 saturated heterocycles. The number of rotatable bonds is 2. The number of hydrogen-bond donors (Lipinski definition) is 1. The first kappa shape index (κ1) is 9.80. The predicted octanol–water partition coefficient (Wildman–Crippen LogP) is 1.62. The summed E-state index contributed by atoms with van der Waals surface area (Å²) in [6.45, 7) is 1.93. The molecule has 5 heteroatoms. The molecule has 0 saturated carbocycles. The Balaban J connectivity index is 2.95. The van der Waals surface area contributed by atoms with E-state index in [0.29, 0.717) is 0 Å². The third-order valence-corrected chi connectivity index (χ3v) is 1.55. The van der Waals surface area contributed by atoms with Crippen molar-refractivity contribution in [3.05, 3.63) is 23.0 Å². The molecule has 1 aromatic rings. The van der Waals surface area contributed by atoms with Crippen LogP contribution in [0.1, 0.15) is 17.3 Å². The van der Waals surface area contributed by atoms with Crippen molar-refractivity contribution in [2.75, 3.05) is 6.61 Å². The quantitative estimate of drug-likeness (QED) is 0.584. The molecule has 0 radical (unpaired) electrons. The molecule has 0 bridgehead atoms. The van der Waals surface area contributed by atoms with Crippen molar-refractivity contribution in [3.8, 4) is 5.75 Å².